The van der Waals surface area contributed by atoms with Crippen molar-refractivity contribution >= 4 is 34.8 Å². The Balaban J connectivity index is 0.975. The van der Waals surface area contributed by atoms with Crippen LogP contribution in [0.3, 0.4) is 0 Å². The van der Waals surface area contributed by atoms with Crippen molar-refractivity contribution in [2.24, 2.45) is 17.8 Å². The molecular weight excluding hydrogens is 861 g/mol. The zero-order valence-corrected chi connectivity index (χ0v) is 38.6. The van der Waals surface area contributed by atoms with Crippen LogP contribution in [-0.4, -0.2) is 94.1 Å². The maximum Gasteiger partial charge on any atom is 0.407 e. The van der Waals surface area contributed by atoms with Crippen LogP contribution in [0.4, 0.5) is 18.4 Å². The predicted molar refractivity (Wildman–Crippen MR) is 248 cm³/mol. The molecule has 0 spiro atoms. The minimum Gasteiger partial charge on any atom is -0.453 e. The number of pyridine rings is 1. The highest BCUT2D eigenvalue weighted by Crippen LogP contribution is 2.62. The third-order valence-corrected chi connectivity index (χ3v) is 14.5. The van der Waals surface area contributed by atoms with Crippen molar-refractivity contribution in [1.82, 2.24) is 35.4 Å². The molecule has 16 heteroatoms. The number of likely N-dealkylation sites (tertiary alicyclic amines) is 2. The van der Waals surface area contributed by atoms with Gasteiger partial charge in [-0.15, -0.1) is 0 Å². The van der Waals surface area contributed by atoms with Gasteiger partial charge in [0.2, 0.25) is 11.8 Å². The van der Waals surface area contributed by atoms with E-state index in [0.29, 0.717) is 41.8 Å². The molecule has 0 radical (unpaired) electrons. The first kappa shape index (κ1) is 45.6. The summed E-state index contributed by atoms with van der Waals surface area (Å²) in [6.45, 7) is 8.48. The summed E-state index contributed by atoms with van der Waals surface area (Å²) in [6.07, 6.45) is 3.32. The van der Waals surface area contributed by atoms with E-state index in [-0.39, 0.29) is 60.1 Å². The number of ether oxygens (including phenoxy) is 2. The molecule has 14 nitrogen and oxygen atoms in total. The molecule has 5 aromatic rings. The molecule has 2 aliphatic carbocycles. The highest BCUT2D eigenvalue weighted by Gasteiger charge is 2.60. The van der Waals surface area contributed by atoms with Crippen LogP contribution in [0.1, 0.15) is 100 Å². The van der Waals surface area contributed by atoms with Crippen LogP contribution in [0.15, 0.2) is 71.7 Å². The number of nitrogens with one attached hydrogen (secondary N) is 4. The third kappa shape index (κ3) is 8.32. The van der Waals surface area contributed by atoms with Crippen molar-refractivity contribution in [2.45, 2.75) is 102 Å². The lowest BCUT2D eigenvalue weighted by molar-refractivity contribution is -0.141. The van der Waals surface area contributed by atoms with Gasteiger partial charge in [0.05, 0.1) is 38.2 Å². The van der Waals surface area contributed by atoms with Gasteiger partial charge in [0.25, 0.3) is 11.5 Å². The van der Waals surface area contributed by atoms with E-state index in [2.05, 4.69) is 25.6 Å². The summed E-state index contributed by atoms with van der Waals surface area (Å²) in [7, 11) is 2.52. The Kier molecular flexibility index (Phi) is 12.2. The molecule has 2 aromatic heterocycles. The average Bonchev–Trinajstić information content (AvgIpc) is 4.15. The van der Waals surface area contributed by atoms with E-state index < -0.39 is 36.1 Å². The van der Waals surface area contributed by atoms with E-state index in [1.807, 2.05) is 88.4 Å². The molecule has 4 N–H and O–H groups in total. The fourth-order valence-corrected chi connectivity index (χ4v) is 10.9. The molecule has 4 amide bonds. The van der Waals surface area contributed by atoms with Gasteiger partial charge in [-0.3, -0.25) is 14.4 Å². The lowest BCUT2D eigenvalue weighted by atomic mass is 9.69. The third-order valence-electron chi connectivity index (χ3n) is 14.5. The fourth-order valence-electron chi connectivity index (χ4n) is 10.9. The van der Waals surface area contributed by atoms with Crippen molar-refractivity contribution in [3.63, 3.8) is 0 Å². The lowest BCUT2D eigenvalue weighted by Gasteiger charge is -2.40. The monoisotopic (exact) mass is 917 g/mol. The highest BCUT2D eigenvalue weighted by molar-refractivity contribution is 5.90. The fraction of sp³-hybridized carbons (Fsp3) is 0.451. The Morgan fingerprint density at radius 1 is 0.761 bits per heavy atom. The number of nitrogens with zero attached hydrogens (tertiary/aromatic N) is 3. The number of benzene rings is 3. The molecule has 1 saturated carbocycles. The second kappa shape index (κ2) is 17.9. The minimum atomic E-state index is -2.77. The number of carbonyl (C=O) groups is 4. The first-order valence-corrected chi connectivity index (χ1v) is 23.2. The molecule has 67 heavy (non-hydrogen) atoms. The molecule has 4 aliphatic rings. The number of rotatable bonds is 11. The van der Waals surface area contributed by atoms with Crippen molar-refractivity contribution in [3.05, 3.63) is 99.9 Å². The Labute approximate surface area is 387 Å². The Morgan fingerprint density at radius 2 is 1.34 bits per heavy atom. The number of fused-ring (bicyclic) bond motifs is 4. The molecule has 2 aliphatic heterocycles. The number of alkyl carbamates (subject to hydrolysis) is 2. The maximum atomic E-state index is 15.2. The van der Waals surface area contributed by atoms with Crippen LogP contribution in [0, 0.1) is 17.8 Å². The summed E-state index contributed by atoms with van der Waals surface area (Å²) >= 11 is 0. The summed E-state index contributed by atoms with van der Waals surface area (Å²) in [4.78, 5) is 80.1. The van der Waals surface area contributed by atoms with Gasteiger partial charge in [0.15, 0.2) is 0 Å². The standard InChI is InChI=1S/C51H57F2N7O7/c1-26(2)43(57-49(64)66-5)47(62)59-19-7-9-40(59)38-22-31-16-15-30(21-34(31)46(61)56-38)32-17-18-33(42-35(32)23-37-36(42)24-51(37,52)53)28-11-13-29(14-12-28)39-25-54-45(55-39)41-10-8-20-60(41)48(63)44(27(3)4)58-50(65)67-6/h11-18,21-22,25-27,36-37,40-41,43-44H,7-10,19-20,23-24H2,1-6H3,(H,54,55)(H,56,61)(H,57,64)(H,58,65)/t36?,37?,40-,41-,43-,44-/m0/s1. The molecule has 3 fully saturated rings. The van der Waals surface area contributed by atoms with Crippen LogP contribution in [-0.2, 0) is 25.5 Å². The molecule has 2 unspecified atom stereocenters. The van der Waals surface area contributed by atoms with Crippen molar-refractivity contribution < 1.29 is 37.4 Å². The van der Waals surface area contributed by atoms with E-state index in [4.69, 9.17) is 9.47 Å². The molecule has 4 heterocycles. The molecule has 0 bridgehead atoms. The first-order valence-electron chi connectivity index (χ1n) is 23.2. The van der Waals surface area contributed by atoms with Crippen LogP contribution in [0.2, 0.25) is 0 Å². The molecule has 2 saturated heterocycles. The predicted octanol–water partition coefficient (Wildman–Crippen LogP) is 8.64. The summed E-state index contributed by atoms with van der Waals surface area (Å²) in [5.74, 6) is -3.99. The number of halogens is 2. The summed E-state index contributed by atoms with van der Waals surface area (Å²) < 4.78 is 39.9. The number of amides is 4. The summed E-state index contributed by atoms with van der Waals surface area (Å²) in [5, 5.41) is 6.49. The van der Waals surface area contributed by atoms with Gasteiger partial charge in [0.1, 0.15) is 17.9 Å². The second-order valence-corrected chi connectivity index (χ2v) is 19.1. The van der Waals surface area contributed by atoms with Crippen LogP contribution >= 0.6 is 0 Å². The van der Waals surface area contributed by atoms with E-state index in [0.717, 1.165) is 63.9 Å². The summed E-state index contributed by atoms with van der Waals surface area (Å²) in [5.41, 5.74) is 7.12. The number of methoxy groups -OCH3 is 2. The minimum absolute atomic E-state index is 0.152. The number of hydrogen-bond donors (Lipinski definition) is 4. The zero-order chi connectivity index (χ0) is 47.5. The Bertz CT molecular complexity index is 2800. The first-order chi connectivity index (χ1) is 32.1. The molecule has 6 atom stereocenters. The SMILES string of the molecule is COC(=O)N[C@H](C(=O)N1CCC[C@H]1c1cc2ccc(-c3ccc(-c4ccc(-c5cnc([C@@H]6CCCN6C(=O)[C@@H](NC(=O)OC)C(C)C)[nH]5)cc4)c4c3CC3C4CC3(F)F)cc2c(=O)[nH]1)C(C)C. The largest absolute Gasteiger partial charge is 0.453 e. The second-order valence-electron chi connectivity index (χ2n) is 19.1. The van der Waals surface area contributed by atoms with E-state index in [1.54, 1.807) is 16.0 Å². The number of hydrogen-bond acceptors (Lipinski definition) is 8. The quantitative estimate of drug-likeness (QED) is 0.102. The number of aromatic nitrogens is 3. The van der Waals surface area contributed by atoms with E-state index in [1.165, 1.54) is 14.2 Å². The maximum absolute atomic E-state index is 15.2. The number of H-pyrrole nitrogens is 2. The highest BCUT2D eigenvalue weighted by atomic mass is 19.3. The van der Waals surface area contributed by atoms with Crippen LogP contribution < -0.4 is 16.2 Å². The van der Waals surface area contributed by atoms with Crippen LogP contribution in [0.5, 0.6) is 0 Å². The number of carbonyl (C=O) groups excluding carboxylic acids is 4. The van der Waals surface area contributed by atoms with Gasteiger partial charge in [-0.25, -0.2) is 23.4 Å². The average molecular weight is 918 g/mol. The molecule has 352 valence electrons. The van der Waals surface area contributed by atoms with Gasteiger partial charge in [-0.2, -0.15) is 0 Å². The van der Waals surface area contributed by atoms with Gasteiger partial charge in [-0.05, 0) is 106 Å². The number of imidazole rings is 1. The Hall–Kier alpha value is -6.58. The van der Waals surface area contributed by atoms with E-state index in [9.17, 15) is 24.0 Å². The molecule has 9 rings (SSSR count). The smallest absolute Gasteiger partial charge is 0.407 e. The molecular formula is C51H57F2N7O7. The number of aromatic amines is 2. The summed E-state index contributed by atoms with van der Waals surface area (Å²) in [6, 6.07) is 17.3. The van der Waals surface area contributed by atoms with Crippen LogP contribution in [0.25, 0.3) is 44.3 Å². The van der Waals surface area contributed by atoms with Gasteiger partial charge < -0.3 is 39.9 Å². The topological polar surface area (TPSA) is 179 Å². The van der Waals surface area contributed by atoms with Gasteiger partial charge >= 0.3 is 12.2 Å². The van der Waals surface area contributed by atoms with Crippen molar-refractivity contribution in [1.29, 1.82) is 0 Å². The molecule has 3 aromatic carbocycles. The van der Waals surface area contributed by atoms with Crippen molar-refractivity contribution in [2.75, 3.05) is 27.3 Å². The van der Waals surface area contributed by atoms with Gasteiger partial charge in [0, 0.05) is 36.5 Å². The lowest BCUT2D eigenvalue weighted by Crippen LogP contribution is -2.51. The van der Waals surface area contributed by atoms with E-state index >= 15 is 8.78 Å². The zero-order valence-electron chi connectivity index (χ0n) is 38.6. The Morgan fingerprint density at radius 3 is 1.96 bits per heavy atom. The van der Waals surface area contributed by atoms with Gasteiger partial charge in [-0.1, -0.05) is 76.2 Å². The normalized spacial score (nSPS) is 21.5. The van der Waals surface area contributed by atoms with Crippen molar-refractivity contribution in [3.8, 4) is 33.5 Å². The number of alkyl halides is 2.